The van der Waals surface area contributed by atoms with Crippen molar-refractivity contribution < 1.29 is 9.53 Å². The molecule has 0 saturated heterocycles. The first kappa shape index (κ1) is 17.2. The molecule has 2 aromatic rings. The molecule has 3 rings (SSSR count). The van der Waals surface area contributed by atoms with Crippen molar-refractivity contribution in [2.75, 3.05) is 30.9 Å². The number of ether oxygens (including phenoxy) is 1. The van der Waals surface area contributed by atoms with E-state index in [1.165, 1.54) is 10.4 Å². The van der Waals surface area contributed by atoms with E-state index in [-0.39, 0.29) is 5.97 Å². The van der Waals surface area contributed by atoms with Gasteiger partial charge in [0.2, 0.25) is 0 Å². The van der Waals surface area contributed by atoms with Crippen LogP contribution in [0.15, 0.2) is 23.6 Å². The number of carbonyl (C=O) groups excluding carboxylic acids is 1. The van der Waals surface area contributed by atoms with Gasteiger partial charge in [-0.05, 0) is 56.8 Å². The first-order valence-corrected chi connectivity index (χ1v) is 11.6. The molecule has 3 nitrogen and oxygen atoms in total. The first-order chi connectivity index (χ1) is 11.1. The van der Waals surface area contributed by atoms with E-state index < -0.39 is 0 Å². The fourth-order valence-corrected chi connectivity index (χ4v) is 4.37. The predicted octanol–water partition coefficient (Wildman–Crippen LogP) is 3.44. The summed E-state index contributed by atoms with van der Waals surface area (Å²) in [5.41, 5.74) is 4.40. The number of halogens is 1. The van der Waals surface area contributed by atoms with Gasteiger partial charge in [0, 0.05) is 35.5 Å². The highest BCUT2D eigenvalue weighted by atomic mass is 127. The molecule has 118 valence electrons. The van der Waals surface area contributed by atoms with E-state index in [0.717, 1.165) is 30.0 Å². The maximum Gasteiger partial charge on any atom is 0.337 e. The van der Waals surface area contributed by atoms with Crippen molar-refractivity contribution in [2.45, 2.75) is 6.42 Å². The number of thiophene rings is 1. The predicted molar refractivity (Wildman–Crippen MR) is 109 cm³/mol. The zero-order valence-corrected chi connectivity index (χ0v) is 16.5. The van der Waals surface area contributed by atoms with Crippen molar-refractivity contribution in [1.82, 2.24) is 0 Å². The lowest BCUT2D eigenvalue weighted by Gasteiger charge is -2.21. The van der Waals surface area contributed by atoms with Gasteiger partial charge in [-0.1, -0.05) is 14.4 Å². The summed E-state index contributed by atoms with van der Waals surface area (Å²) in [4.78, 5) is 15.7. The zero-order chi connectivity index (χ0) is 16.4. The van der Waals surface area contributed by atoms with Crippen LogP contribution >= 0.6 is 41.5 Å². The second-order valence-corrected chi connectivity index (χ2v) is 8.76. The molecule has 0 fully saturated rings. The number of rotatable bonds is 4. The Morgan fingerprint density at radius 1 is 1.52 bits per heavy atom. The molecule has 0 amide bonds. The minimum atomic E-state index is -0.347. The Balaban J connectivity index is 2.01. The number of esters is 1. The van der Waals surface area contributed by atoms with Crippen LogP contribution in [0.2, 0.25) is 0 Å². The van der Waals surface area contributed by atoms with E-state index in [0.29, 0.717) is 17.6 Å². The Labute approximate surface area is 157 Å². The van der Waals surface area contributed by atoms with Crippen LogP contribution < -0.4 is 10.4 Å². The molecule has 1 aliphatic heterocycles. The van der Waals surface area contributed by atoms with Gasteiger partial charge in [-0.25, -0.2) is 4.79 Å². The molecule has 1 aliphatic rings. The summed E-state index contributed by atoms with van der Waals surface area (Å²) in [6, 6.07) is 5.95. The Hall–Kier alpha value is -0.665. The van der Waals surface area contributed by atoms with Crippen molar-refractivity contribution in [1.29, 1.82) is 0 Å². The number of fused-ring (bicyclic) bond motifs is 3. The van der Waals surface area contributed by atoms with Gasteiger partial charge in [-0.3, -0.25) is 0 Å². The summed E-state index contributed by atoms with van der Waals surface area (Å²) in [7, 11) is 9.80. The monoisotopic (exact) mass is 455 g/mol. The smallest absolute Gasteiger partial charge is 0.337 e. The molecule has 1 aromatic carbocycles. The van der Waals surface area contributed by atoms with Crippen molar-refractivity contribution in [3.63, 3.8) is 0 Å². The van der Waals surface area contributed by atoms with Gasteiger partial charge in [-0.15, -0.1) is 11.3 Å². The summed E-state index contributed by atoms with van der Waals surface area (Å²) in [5.74, 6) is 0.426. The largest absolute Gasteiger partial charge is 0.461 e. The third kappa shape index (κ3) is 3.56. The Morgan fingerprint density at radius 3 is 3.13 bits per heavy atom. The molecule has 23 heavy (non-hydrogen) atoms. The van der Waals surface area contributed by atoms with E-state index in [2.05, 4.69) is 44.6 Å². The van der Waals surface area contributed by atoms with Gasteiger partial charge >= 0.3 is 5.97 Å². The van der Waals surface area contributed by atoms with Gasteiger partial charge in [0.25, 0.3) is 0 Å². The summed E-state index contributed by atoms with van der Waals surface area (Å²) < 4.78 is 5.31. The zero-order valence-electron chi connectivity index (χ0n) is 12.7. The average molecular weight is 455 g/mol. The van der Waals surface area contributed by atoms with Gasteiger partial charge in [-0.2, -0.15) is 0 Å². The number of nitrogens with zero attached hydrogens (tertiary/aromatic N) is 1. The van der Waals surface area contributed by atoms with Crippen LogP contribution in [0.5, 0.6) is 0 Å². The second-order valence-electron chi connectivity index (χ2n) is 5.35. The molecule has 2 radical (unpaired) electrons. The third-order valence-corrected chi connectivity index (χ3v) is 6.53. The van der Waals surface area contributed by atoms with E-state index >= 15 is 0 Å². The highest BCUT2D eigenvalue weighted by Gasteiger charge is 2.22. The Kier molecular flexibility index (Phi) is 5.59. The first-order valence-electron chi connectivity index (χ1n) is 7.24. The average Bonchev–Trinajstić information content (AvgIpc) is 2.96. The van der Waals surface area contributed by atoms with Crippen LogP contribution in [0.4, 0.5) is 5.69 Å². The van der Waals surface area contributed by atoms with Crippen molar-refractivity contribution in [2.24, 2.45) is 0 Å². The quantitative estimate of drug-likeness (QED) is 0.306. The second kappa shape index (κ2) is 7.48. The number of carbonyl (C=O) groups is 1. The van der Waals surface area contributed by atoms with Gasteiger partial charge in [0.1, 0.15) is 14.5 Å². The van der Waals surface area contributed by atoms with Gasteiger partial charge < -0.3 is 9.64 Å². The fraction of sp³-hybridized carbons (Fsp3) is 0.312. The highest BCUT2D eigenvalue weighted by molar-refractivity contribution is 14.2. The molecule has 1 aromatic heterocycles. The van der Waals surface area contributed by atoms with Crippen LogP contribution in [0.1, 0.15) is 15.9 Å². The fourth-order valence-electron chi connectivity index (χ4n) is 2.70. The van der Waals surface area contributed by atoms with Crippen LogP contribution in [0.3, 0.4) is 0 Å². The molecule has 2 heterocycles. The maximum absolute atomic E-state index is 12.3. The van der Waals surface area contributed by atoms with E-state index in [1.807, 2.05) is 12.1 Å². The summed E-state index contributed by atoms with van der Waals surface area (Å²) in [6.07, 6.45) is 0.997. The highest BCUT2D eigenvalue weighted by Crippen LogP contribution is 2.39. The van der Waals surface area contributed by atoms with Crippen LogP contribution in [-0.4, -0.2) is 39.8 Å². The van der Waals surface area contributed by atoms with Crippen LogP contribution in [-0.2, 0) is 11.2 Å². The lowest BCUT2D eigenvalue weighted by Crippen LogP contribution is -2.24. The van der Waals surface area contributed by atoms with Crippen molar-refractivity contribution in [3.05, 3.63) is 34.7 Å². The molecule has 0 spiro atoms. The lowest BCUT2D eigenvalue weighted by molar-refractivity contribution is 0.0532. The number of anilines is 1. The minimum Gasteiger partial charge on any atom is -0.461 e. The third-order valence-electron chi connectivity index (χ3n) is 3.90. The van der Waals surface area contributed by atoms with E-state index in [4.69, 9.17) is 12.6 Å². The van der Waals surface area contributed by atoms with Gasteiger partial charge in [0.05, 0.1) is 5.56 Å². The van der Waals surface area contributed by atoms with E-state index in [1.54, 1.807) is 20.3 Å². The SMILES string of the molecule is [B]c1cc2c(cc1C(=O)OCCSI)-c1sccc1CCN2C. The summed E-state index contributed by atoms with van der Waals surface area (Å²) in [6.45, 7) is 1.33. The maximum atomic E-state index is 12.3. The molecular weight excluding hydrogens is 440 g/mol. The molecule has 0 saturated carbocycles. The van der Waals surface area contributed by atoms with Crippen molar-refractivity contribution in [3.8, 4) is 10.4 Å². The molecule has 0 aliphatic carbocycles. The number of benzene rings is 1. The molecule has 0 atom stereocenters. The Bertz CT molecular complexity index is 735. The minimum absolute atomic E-state index is 0.347. The van der Waals surface area contributed by atoms with Crippen molar-refractivity contribution >= 4 is 66.4 Å². The number of hydrogen-bond acceptors (Lipinski definition) is 5. The molecule has 0 N–H and O–H groups in total. The standard InChI is InChI=1S/C16H15BINO2S2/c1-19-4-2-10-3-6-22-15(10)12-8-11(13(17)9-14(12)19)16(20)21-5-7-23-18/h3,6,8-9H,2,4-5,7H2,1H3. The van der Waals surface area contributed by atoms with Crippen LogP contribution in [0, 0.1) is 0 Å². The summed E-state index contributed by atoms with van der Waals surface area (Å²) >= 11 is 3.89. The lowest BCUT2D eigenvalue weighted by atomic mass is 9.87. The van der Waals surface area contributed by atoms with Gasteiger partial charge in [0.15, 0.2) is 0 Å². The number of likely N-dealkylation sites (N-methyl/N-ethyl adjacent to an activating group) is 1. The van der Waals surface area contributed by atoms with E-state index in [9.17, 15) is 4.79 Å². The topological polar surface area (TPSA) is 29.5 Å². The molecule has 0 bridgehead atoms. The van der Waals surface area contributed by atoms with Crippen LogP contribution in [0.25, 0.3) is 10.4 Å². The number of hydrogen-bond donors (Lipinski definition) is 0. The molecule has 0 unspecified atom stereocenters. The molecular formula is C16H15BINO2S2. The summed E-state index contributed by atoms with van der Waals surface area (Å²) in [5, 5.41) is 2.10. The molecule has 7 heteroatoms. The normalized spacial score (nSPS) is 13.2. The Morgan fingerprint density at radius 2 is 2.35 bits per heavy atom.